The SMILES string of the molecule is CNCc1ccccc1CC1(F)CCC1. The van der Waals surface area contributed by atoms with Gasteiger partial charge in [0.1, 0.15) is 5.67 Å². The van der Waals surface area contributed by atoms with Gasteiger partial charge in [-0.1, -0.05) is 24.3 Å². The maximum Gasteiger partial charge on any atom is 0.115 e. The van der Waals surface area contributed by atoms with Gasteiger partial charge in [0.05, 0.1) is 0 Å². The zero-order valence-corrected chi connectivity index (χ0v) is 9.22. The van der Waals surface area contributed by atoms with Crippen LogP contribution in [-0.4, -0.2) is 12.7 Å². The van der Waals surface area contributed by atoms with Gasteiger partial charge in [0, 0.05) is 13.0 Å². The van der Waals surface area contributed by atoms with Crippen molar-refractivity contribution in [2.75, 3.05) is 7.05 Å². The number of alkyl halides is 1. The summed E-state index contributed by atoms with van der Waals surface area (Å²) < 4.78 is 14.0. The lowest BCUT2D eigenvalue weighted by Crippen LogP contribution is -2.34. The second kappa shape index (κ2) is 4.31. The van der Waals surface area contributed by atoms with E-state index in [0.29, 0.717) is 6.42 Å². The van der Waals surface area contributed by atoms with E-state index in [-0.39, 0.29) is 0 Å². The Morgan fingerprint density at radius 2 is 1.93 bits per heavy atom. The maximum absolute atomic E-state index is 14.0. The van der Waals surface area contributed by atoms with Gasteiger partial charge in [-0.15, -0.1) is 0 Å². The highest BCUT2D eigenvalue weighted by Crippen LogP contribution is 2.39. The van der Waals surface area contributed by atoms with Gasteiger partial charge in [-0.2, -0.15) is 0 Å². The molecule has 0 amide bonds. The van der Waals surface area contributed by atoms with E-state index in [1.165, 1.54) is 5.56 Å². The molecule has 0 bridgehead atoms. The summed E-state index contributed by atoms with van der Waals surface area (Å²) in [5, 5.41) is 3.12. The van der Waals surface area contributed by atoms with Gasteiger partial charge >= 0.3 is 0 Å². The minimum Gasteiger partial charge on any atom is -0.316 e. The highest BCUT2D eigenvalue weighted by atomic mass is 19.1. The van der Waals surface area contributed by atoms with E-state index >= 15 is 0 Å². The van der Waals surface area contributed by atoms with Crippen LogP contribution in [0.4, 0.5) is 4.39 Å². The van der Waals surface area contributed by atoms with Crippen LogP contribution in [0.25, 0.3) is 0 Å². The van der Waals surface area contributed by atoms with Crippen molar-refractivity contribution < 1.29 is 4.39 Å². The van der Waals surface area contributed by atoms with Gasteiger partial charge in [0.2, 0.25) is 0 Å². The number of rotatable bonds is 4. The van der Waals surface area contributed by atoms with Crippen LogP contribution in [0.5, 0.6) is 0 Å². The third-order valence-corrected chi connectivity index (χ3v) is 3.24. The van der Waals surface area contributed by atoms with Gasteiger partial charge in [-0.05, 0) is 37.4 Å². The predicted octanol–water partition coefficient (Wildman–Crippen LogP) is 2.84. The molecule has 82 valence electrons. The number of nitrogens with one attached hydrogen (secondary N) is 1. The van der Waals surface area contributed by atoms with Gasteiger partial charge in [-0.25, -0.2) is 4.39 Å². The lowest BCUT2D eigenvalue weighted by atomic mass is 9.77. The van der Waals surface area contributed by atoms with Crippen LogP contribution in [0.1, 0.15) is 30.4 Å². The lowest BCUT2D eigenvalue weighted by Gasteiger charge is -2.34. The van der Waals surface area contributed by atoms with Crippen molar-refractivity contribution in [3.05, 3.63) is 35.4 Å². The summed E-state index contributed by atoms with van der Waals surface area (Å²) in [5.41, 5.74) is 1.47. The average molecular weight is 207 g/mol. The second-order valence-electron chi connectivity index (χ2n) is 4.48. The molecule has 0 aliphatic heterocycles. The molecule has 0 saturated heterocycles. The van der Waals surface area contributed by atoms with Gasteiger partial charge in [0.25, 0.3) is 0 Å². The zero-order chi connectivity index (χ0) is 10.7. The Kier molecular flexibility index (Phi) is 3.06. The van der Waals surface area contributed by atoms with Crippen LogP contribution >= 0.6 is 0 Å². The molecule has 1 aliphatic rings. The second-order valence-corrected chi connectivity index (χ2v) is 4.48. The summed E-state index contributed by atoms with van der Waals surface area (Å²) in [5.74, 6) is 0. The summed E-state index contributed by atoms with van der Waals surface area (Å²) in [6, 6.07) is 8.14. The lowest BCUT2D eigenvalue weighted by molar-refractivity contribution is 0.0639. The molecule has 2 rings (SSSR count). The Labute approximate surface area is 90.7 Å². The zero-order valence-electron chi connectivity index (χ0n) is 9.22. The van der Waals surface area contributed by atoms with Gasteiger partial charge in [-0.3, -0.25) is 0 Å². The van der Waals surface area contributed by atoms with Crippen LogP contribution in [0, 0.1) is 0 Å². The molecule has 15 heavy (non-hydrogen) atoms. The number of hydrogen-bond donors (Lipinski definition) is 1. The van der Waals surface area contributed by atoms with Crippen LogP contribution in [0.15, 0.2) is 24.3 Å². The third kappa shape index (κ3) is 2.37. The van der Waals surface area contributed by atoms with Crippen LogP contribution in [0.2, 0.25) is 0 Å². The van der Waals surface area contributed by atoms with Crippen LogP contribution in [-0.2, 0) is 13.0 Å². The molecule has 0 atom stereocenters. The monoisotopic (exact) mass is 207 g/mol. The first kappa shape index (κ1) is 10.6. The molecule has 0 spiro atoms. The van der Waals surface area contributed by atoms with Crippen LogP contribution < -0.4 is 5.32 Å². The molecule has 0 aromatic heterocycles. The molecule has 1 nitrogen and oxygen atoms in total. The van der Waals surface area contributed by atoms with Crippen molar-refractivity contribution in [3.8, 4) is 0 Å². The van der Waals surface area contributed by atoms with E-state index in [1.54, 1.807) is 0 Å². The molecule has 0 unspecified atom stereocenters. The minimum absolute atomic E-state index is 0.588. The van der Waals surface area contributed by atoms with Crippen molar-refractivity contribution in [1.82, 2.24) is 5.32 Å². The largest absolute Gasteiger partial charge is 0.316 e. The molecule has 1 N–H and O–H groups in total. The quantitative estimate of drug-likeness (QED) is 0.800. The Bertz CT molecular complexity index is 331. The number of benzene rings is 1. The summed E-state index contributed by atoms with van der Waals surface area (Å²) in [7, 11) is 1.92. The topological polar surface area (TPSA) is 12.0 Å². The molecule has 1 aromatic rings. The standard InChI is InChI=1S/C13H18FN/c1-15-10-12-6-3-2-5-11(12)9-13(14)7-4-8-13/h2-3,5-6,15H,4,7-10H2,1H3. The van der Waals surface area contributed by atoms with E-state index in [0.717, 1.165) is 31.4 Å². The first-order valence-corrected chi connectivity index (χ1v) is 5.64. The minimum atomic E-state index is -0.913. The highest BCUT2D eigenvalue weighted by molar-refractivity contribution is 5.29. The van der Waals surface area contributed by atoms with Gasteiger partial charge in [0.15, 0.2) is 0 Å². The smallest absolute Gasteiger partial charge is 0.115 e. The summed E-state index contributed by atoms with van der Waals surface area (Å²) in [6.07, 6.45) is 3.11. The molecule has 1 aromatic carbocycles. The maximum atomic E-state index is 14.0. The Balaban J connectivity index is 2.12. The van der Waals surface area contributed by atoms with Crippen molar-refractivity contribution in [2.24, 2.45) is 0 Å². The summed E-state index contributed by atoms with van der Waals surface area (Å²) in [4.78, 5) is 0. The van der Waals surface area contributed by atoms with E-state index in [2.05, 4.69) is 11.4 Å². The van der Waals surface area contributed by atoms with E-state index in [9.17, 15) is 4.39 Å². The number of halogens is 1. The van der Waals surface area contributed by atoms with Crippen LogP contribution in [0.3, 0.4) is 0 Å². The molecule has 0 radical (unpaired) electrons. The Morgan fingerprint density at radius 3 is 2.47 bits per heavy atom. The molecule has 1 aliphatic carbocycles. The molecule has 0 heterocycles. The molecular formula is C13H18FN. The fourth-order valence-corrected chi connectivity index (χ4v) is 2.17. The Hall–Kier alpha value is -0.890. The fourth-order valence-electron chi connectivity index (χ4n) is 2.17. The average Bonchev–Trinajstić information content (AvgIpc) is 2.19. The molecule has 2 heteroatoms. The first-order valence-electron chi connectivity index (χ1n) is 5.64. The van der Waals surface area contributed by atoms with Crippen molar-refractivity contribution in [2.45, 2.75) is 37.9 Å². The normalized spacial score (nSPS) is 18.5. The van der Waals surface area contributed by atoms with Gasteiger partial charge < -0.3 is 5.32 Å². The third-order valence-electron chi connectivity index (χ3n) is 3.24. The summed E-state index contributed by atoms with van der Waals surface area (Å²) >= 11 is 0. The highest BCUT2D eigenvalue weighted by Gasteiger charge is 2.37. The Morgan fingerprint density at radius 1 is 1.27 bits per heavy atom. The van der Waals surface area contributed by atoms with Crippen molar-refractivity contribution in [1.29, 1.82) is 0 Å². The first-order chi connectivity index (χ1) is 7.23. The van der Waals surface area contributed by atoms with E-state index in [4.69, 9.17) is 0 Å². The molecule has 1 fully saturated rings. The van der Waals surface area contributed by atoms with Crippen molar-refractivity contribution >= 4 is 0 Å². The van der Waals surface area contributed by atoms with Crippen molar-refractivity contribution in [3.63, 3.8) is 0 Å². The predicted molar refractivity (Wildman–Crippen MR) is 60.6 cm³/mol. The summed E-state index contributed by atoms with van der Waals surface area (Å²) in [6.45, 7) is 0.826. The number of hydrogen-bond acceptors (Lipinski definition) is 1. The molecule has 1 saturated carbocycles. The fraction of sp³-hybridized carbons (Fsp3) is 0.538. The van der Waals surface area contributed by atoms with E-state index < -0.39 is 5.67 Å². The molecular weight excluding hydrogens is 189 g/mol. The van der Waals surface area contributed by atoms with E-state index in [1.807, 2.05) is 25.2 Å².